The Balaban J connectivity index is 1.65. The van der Waals surface area contributed by atoms with Crippen molar-refractivity contribution in [3.63, 3.8) is 0 Å². The van der Waals surface area contributed by atoms with Crippen LogP contribution in [0, 0.1) is 0 Å². The summed E-state index contributed by atoms with van der Waals surface area (Å²) >= 11 is 0. The number of aromatic nitrogens is 2. The molecule has 5 nitrogen and oxygen atoms in total. The van der Waals surface area contributed by atoms with E-state index in [1.807, 2.05) is 29.1 Å². The molecular formula is C14H17N3O2. The maximum Gasteiger partial charge on any atom is 0.231 e. The Morgan fingerprint density at radius 1 is 1.32 bits per heavy atom. The van der Waals surface area contributed by atoms with Gasteiger partial charge in [0, 0.05) is 36.1 Å². The van der Waals surface area contributed by atoms with Gasteiger partial charge in [-0.2, -0.15) is 5.10 Å². The van der Waals surface area contributed by atoms with Crippen molar-refractivity contribution in [3.8, 4) is 11.5 Å². The molecule has 0 radical (unpaired) electrons. The Hall–Kier alpha value is -2.17. The van der Waals surface area contributed by atoms with Gasteiger partial charge in [0.1, 0.15) is 0 Å². The normalized spacial score (nSPS) is 13.0. The lowest BCUT2D eigenvalue weighted by molar-refractivity contribution is 0.174. The van der Waals surface area contributed by atoms with Gasteiger partial charge in [-0.1, -0.05) is 0 Å². The molecule has 0 saturated carbocycles. The van der Waals surface area contributed by atoms with Crippen LogP contribution < -0.4 is 14.8 Å². The molecule has 5 heteroatoms. The highest BCUT2D eigenvalue weighted by atomic mass is 16.7. The Bertz CT molecular complexity index is 578. The molecule has 3 rings (SSSR count). The van der Waals surface area contributed by atoms with Crippen molar-refractivity contribution in [2.45, 2.75) is 26.4 Å². The largest absolute Gasteiger partial charge is 0.454 e. The first-order valence-corrected chi connectivity index (χ1v) is 6.39. The molecule has 1 aromatic carbocycles. The van der Waals surface area contributed by atoms with E-state index < -0.39 is 0 Å². The lowest BCUT2D eigenvalue weighted by Gasteiger charge is -2.06. The van der Waals surface area contributed by atoms with Crippen LogP contribution in [0.5, 0.6) is 11.5 Å². The predicted octanol–water partition coefficient (Wildman–Crippen LogP) is 2.80. The van der Waals surface area contributed by atoms with Gasteiger partial charge in [-0.25, -0.2) is 0 Å². The van der Waals surface area contributed by atoms with E-state index in [0.29, 0.717) is 12.8 Å². The standard InChI is InChI=1S/C14H17N3O2/c1-10(2)17-8-11(7-16-17)6-15-12-3-4-13-14(5-12)19-9-18-13/h3-5,7-8,10,15H,6,9H2,1-2H3. The highest BCUT2D eigenvalue weighted by molar-refractivity contribution is 5.55. The maximum atomic E-state index is 5.35. The van der Waals surface area contributed by atoms with Crippen LogP contribution in [-0.2, 0) is 6.54 Å². The van der Waals surface area contributed by atoms with E-state index >= 15 is 0 Å². The quantitative estimate of drug-likeness (QED) is 0.917. The highest BCUT2D eigenvalue weighted by Crippen LogP contribution is 2.34. The average molecular weight is 259 g/mol. The summed E-state index contributed by atoms with van der Waals surface area (Å²) in [6.07, 6.45) is 3.95. The van der Waals surface area contributed by atoms with Crippen LogP contribution in [0.15, 0.2) is 30.6 Å². The second kappa shape index (κ2) is 4.84. The summed E-state index contributed by atoms with van der Waals surface area (Å²) < 4.78 is 12.6. The number of ether oxygens (including phenoxy) is 2. The van der Waals surface area contributed by atoms with Crippen LogP contribution in [0.2, 0.25) is 0 Å². The Kier molecular flexibility index (Phi) is 3.03. The van der Waals surface area contributed by atoms with Gasteiger partial charge < -0.3 is 14.8 Å². The smallest absolute Gasteiger partial charge is 0.231 e. The monoisotopic (exact) mass is 259 g/mol. The maximum absolute atomic E-state index is 5.35. The zero-order valence-corrected chi connectivity index (χ0v) is 11.1. The number of nitrogens with one attached hydrogen (secondary N) is 1. The average Bonchev–Trinajstić information content (AvgIpc) is 3.04. The van der Waals surface area contributed by atoms with Crippen LogP contribution in [0.3, 0.4) is 0 Å². The fraction of sp³-hybridized carbons (Fsp3) is 0.357. The van der Waals surface area contributed by atoms with Crippen molar-refractivity contribution < 1.29 is 9.47 Å². The van der Waals surface area contributed by atoms with Crippen molar-refractivity contribution >= 4 is 5.69 Å². The second-order valence-electron chi connectivity index (χ2n) is 4.84. The van der Waals surface area contributed by atoms with E-state index in [2.05, 4.69) is 30.5 Å². The molecule has 1 aliphatic rings. The number of benzene rings is 1. The minimum atomic E-state index is 0.306. The molecule has 0 spiro atoms. The van der Waals surface area contributed by atoms with Crippen molar-refractivity contribution in [2.75, 3.05) is 12.1 Å². The molecule has 2 heterocycles. The molecule has 19 heavy (non-hydrogen) atoms. The van der Waals surface area contributed by atoms with Gasteiger partial charge in [-0.05, 0) is 26.0 Å². The predicted molar refractivity (Wildman–Crippen MR) is 72.5 cm³/mol. The van der Waals surface area contributed by atoms with Gasteiger partial charge in [0.25, 0.3) is 0 Å². The summed E-state index contributed by atoms with van der Waals surface area (Å²) in [6, 6.07) is 6.25. The number of hydrogen-bond donors (Lipinski definition) is 1. The summed E-state index contributed by atoms with van der Waals surface area (Å²) in [7, 11) is 0. The third kappa shape index (κ3) is 2.50. The van der Waals surface area contributed by atoms with Crippen LogP contribution in [0.1, 0.15) is 25.5 Å². The Morgan fingerprint density at radius 3 is 2.95 bits per heavy atom. The lowest BCUT2D eigenvalue weighted by atomic mass is 10.2. The molecule has 0 amide bonds. The number of nitrogens with zero attached hydrogens (tertiary/aromatic N) is 2. The van der Waals surface area contributed by atoms with Crippen LogP contribution in [-0.4, -0.2) is 16.6 Å². The third-order valence-electron chi connectivity index (χ3n) is 3.05. The fourth-order valence-corrected chi connectivity index (χ4v) is 1.96. The van der Waals surface area contributed by atoms with Gasteiger partial charge >= 0.3 is 0 Å². The number of hydrogen-bond acceptors (Lipinski definition) is 4. The molecule has 1 aromatic heterocycles. The second-order valence-corrected chi connectivity index (χ2v) is 4.84. The van der Waals surface area contributed by atoms with Crippen LogP contribution >= 0.6 is 0 Å². The molecule has 0 unspecified atom stereocenters. The van der Waals surface area contributed by atoms with E-state index in [4.69, 9.17) is 9.47 Å². The van der Waals surface area contributed by atoms with Gasteiger partial charge in [0.15, 0.2) is 11.5 Å². The Morgan fingerprint density at radius 2 is 2.16 bits per heavy atom. The number of anilines is 1. The molecule has 2 aromatic rings. The number of rotatable bonds is 4. The van der Waals surface area contributed by atoms with E-state index in [-0.39, 0.29) is 0 Å². The van der Waals surface area contributed by atoms with E-state index in [1.54, 1.807) is 0 Å². The summed E-state index contributed by atoms with van der Waals surface area (Å²) in [5, 5.41) is 7.67. The first-order valence-electron chi connectivity index (χ1n) is 6.39. The number of fused-ring (bicyclic) bond motifs is 1. The van der Waals surface area contributed by atoms with E-state index in [1.165, 1.54) is 0 Å². The van der Waals surface area contributed by atoms with Crippen LogP contribution in [0.4, 0.5) is 5.69 Å². The molecule has 0 aliphatic carbocycles. The van der Waals surface area contributed by atoms with E-state index in [9.17, 15) is 0 Å². The molecular weight excluding hydrogens is 242 g/mol. The first-order chi connectivity index (χ1) is 9.22. The van der Waals surface area contributed by atoms with Gasteiger partial charge in [0.2, 0.25) is 6.79 Å². The molecule has 1 N–H and O–H groups in total. The van der Waals surface area contributed by atoms with Crippen molar-refractivity contribution in [2.24, 2.45) is 0 Å². The van der Waals surface area contributed by atoms with Crippen LogP contribution in [0.25, 0.3) is 0 Å². The minimum absolute atomic E-state index is 0.306. The Labute approximate surface area is 112 Å². The molecule has 100 valence electrons. The van der Waals surface area contributed by atoms with E-state index in [0.717, 1.165) is 29.3 Å². The third-order valence-corrected chi connectivity index (χ3v) is 3.05. The topological polar surface area (TPSA) is 48.3 Å². The van der Waals surface area contributed by atoms with Gasteiger partial charge in [0.05, 0.1) is 6.20 Å². The molecule has 0 fully saturated rings. The zero-order valence-electron chi connectivity index (χ0n) is 11.1. The summed E-state index contributed by atoms with van der Waals surface area (Å²) in [4.78, 5) is 0. The molecule has 0 saturated heterocycles. The summed E-state index contributed by atoms with van der Waals surface area (Å²) in [5.74, 6) is 1.60. The minimum Gasteiger partial charge on any atom is -0.454 e. The zero-order chi connectivity index (χ0) is 13.2. The molecule has 0 bridgehead atoms. The first kappa shape index (κ1) is 11.9. The van der Waals surface area contributed by atoms with Crippen molar-refractivity contribution in [1.82, 2.24) is 9.78 Å². The fourth-order valence-electron chi connectivity index (χ4n) is 1.96. The highest BCUT2D eigenvalue weighted by Gasteiger charge is 2.13. The molecule has 0 atom stereocenters. The van der Waals surface area contributed by atoms with Gasteiger partial charge in [-0.15, -0.1) is 0 Å². The summed E-state index contributed by atoms with van der Waals surface area (Å²) in [5.41, 5.74) is 2.17. The van der Waals surface area contributed by atoms with Crippen molar-refractivity contribution in [3.05, 3.63) is 36.2 Å². The lowest BCUT2D eigenvalue weighted by Crippen LogP contribution is -2.01. The van der Waals surface area contributed by atoms with Crippen molar-refractivity contribution in [1.29, 1.82) is 0 Å². The molecule has 1 aliphatic heterocycles. The summed E-state index contributed by atoms with van der Waals surface area (Å²) in [6.45, 7) is 5.27. The van der Waals surface area contributed by atoms with Gasteiger partial charge in [-0.3, -0.25) is 4.68 Å². The SMILES string of the molecule is CC(C)n1cc(CNc2ccc3c(c2)OCO3)cn1.